The van der Waals surface area contributed by atoms with Crippen LogP contribution in [0.2, 0.25) is 0 Å². The summed E-state index contributed by atoms with van der Waals surface area (Å²) in [5, 5.41) is 6.63. The predicted octanol–water partition coefficient (Wildman–Crippen LogP) is 1.79. The van der Waals surface area contributed by atoms with Gasteiger partial charge in [-0.1, -0.05) is 18.9 Å². The topological polar surface area (TPSA) is 78.8 Å². The zero-order chi connectivity index (χ0) is 19.0. The zero-order valence-electron chi connectivity index (χ0n) is 16.3. The highest BCUT2D eigenvalue weighted by atomic mass is 16.5. The van der Waals surface area contributed by atoms with Gasteiger partial charge in [-0.25, -0.2) is 4.98 Å². The number of carbonyl (C=O) groups is 1. The van der Waals surface area contributed by atoms with Crippen molar-refractivity contribution >= 4 is 11.9 Å². The van der Waals surface area contributed by atoms with Gasteiger partial charge >= 0.3 is 0 Å². The Hall–Kier alpha value is -2.31. The van der Waals surface area contributed by atoms with Gasteiger partial charge in [-0.15, -0.1) is 0 Å². The molecule has 0 aliphatic heterocycles. The summed E-state index contributed by atoms with van der Waals surface area (Å²) in [5.74, 6) is 1.51. The molecule has 1 saturated carbocycles. The minimum atomic E-state index is -0.327. The second-order valence-electron chi connectivity index (χ2n) is 6.87. The van der Waals surface area contributed by atoms with Gasteiger partial charge in [-0.05, 0) is 25.8 Å². The molecule has 7 heteroatoms. The van der Waals surface area contributed by atoms with E-state index in [4.69, 9.17) is 4.74 Å². The van der Waals surface area contributed by atoms with Crippen LogP contribution in [-0.4, -0.2) is 56.0 Å². The van der Waals surface area contributed by atoms with Crippen LogP contribution < -0.4 is 15.4 Å². The Bertz CT molecular complexity index is 624. The molecule has 1 fully saturated rings. The molecule has 7 nitrogen and oxygen atoms in total. The lowest BCUT2D eigenvalue weighted by atomic mass is 9.84. The van der Waals surface area contributed by atoms with Crippen molar-refractivity contribution in [1.82, 2.24) is 20.5 Å². The second kappa shape index (κ2) is 9.40. The largest absolute Gasteiger partial charge is 0.478 e. The van der Waals surface area contributed by atoms with Crippen LogP contribution in [0, 0.1) is 5.41 Å². The molecule has 0 radical (unpaired) electrons. The molecule has 2 N–H and O–H groups in total. The monoisotopic (exact) mass is 361 g/mol. The van der Waals surface area contributed by atoms with Crippen LogP contribution in [-0.2, 0) is 11.3 Å². The summed E-state index contributed by atoms with van der Waals surface area (Å²) in [6, 6.07) is 3.87. The summed E-state index contributed by atoms with van der Waals surface area (Å²) >= 11 is 0. The number of aromatic nitrogens is 1. The SMILES string of the molecule is CCOc1ncccc1CNC(=NC)NCC1(C(=O)N(C)C)CCCC1. The number of nitrogens with zero attached hydrogens (tertiary/aromatic N) is 3. The fourth-order valence-corrected chi connectivity index (χ4v) is 3.47. The maximum atomic E-state index is 12.7. The van der Waals surface area contributed by atoms with Crippen LogP contribution in [0.4, 0.5) is 0 Å². The van der Waals surface area contributed by atoms with Crippen LogP contribution in [0.1, 0.15) is 38.2 Å². The number of rotatable bonds is 7. The number of hydrogen-bond acceptors (Lipinski definition) is 4. The molecule has 0 atom stereocenters. The van der Waals surface area contributed by atoms with Crippen molar-refractivity contribution in [3.05, 3.63) is 23.9 Å². The van der Waals surface area contributed by atoms with Gasteiger partial charge in [0.1, 0.15) is 0 Å². The normalized spacial score (nSPS) is 16.2. The lowest BCUT2D eigenvalue weighted by molar-refractivity contribution is -0.138. The van der Waals surface area contributed by atoms with E-state index >= 15 is 0 Å². The first kappa shape index (κ1) is 20.0. The van der Waals surface area contributed by atoms with Crippen molar-refractivity contribution in [3.63, 3.8) is 0 Å². The molecule has 1 aliphatic rings. The van der Waals surface area contributed by atoms with Crippen molar-refractivity contribution < 1.29 is 9.53 Å². The minimum absolute atomic E-state index is 0.198. The molecule has 1 aromatic heterocycles. The number of amides is 1. The van der Waals surface area contributed by atoms with Gasteiger partial charge in [-0.2, -0.15) is 0 Å². The van der Waals surface area contributed by atoms with Gasteiger partial charge in [0.25, 0.3) is 0 Å². The highest BCUT2D eigenvalue weighted by molar-refractivity contribution is 5.85. The fourth-order valence-electron chi connectivity index (χ4n) is 3.47. The summed E-state index contributed by atoms with van der Waals surface area (Å²) < 4.78 is 5.56. The number of guanidine groups is 1. The van der Waals surface area contributed by atoms with Crippen molar-refractivity contribution in [3.8, 4) is 5.88 Å². The van der Waals surface area contributed by atoms with E-state index in [1.165, 1.54) is 0 Å². The third-order valence-corrected chi connectivity index (χ3v) is 4.82. The van der Waals surface area contributed by atoms with Gasteiger partial charge in [-0.3, -0.25) is 9.79 Å². The van der Waals surface area contributed by atoms with Crippen molar-refractivity contribution in [2.45, 2.75) is 39.2 Å². The molecule has 1 aromatic rings. The number of hydrogen-bond donors (Lipinski definition) is 2. The van der Waals surface area contributed by atoms with Crippen LogP contribution in [0.15, 0.2) is 23.3 Å². The maximum Gasteiger partial charge on any atom is 0.230 e. The Kier molecular flexibility index (Phi) is 7.24. The highest BCUT2D eigenvalue weighted by Crippen LogP contribution is 2.38. The van der Waals surface area contributed by atoms with Gasteiger partial charge in [0, 0.05) is 46.0 Å². The van der Waals surface area contributed by atoms with Crippen molar-refractivity contribution in [1.29, 1.82) is 0 Å². The Morgan fingerprint density at radius 3 is 2.69 bits per heavy atom. The fraction of sp³-hybridized carbons (Fsp3) is 0.632. The van der Waals surface area contributed by atoms with Gasteiger partial charge in [0.15, 0.2) is 5.96 Å². The number of aliphatic imine (C=N–C) groups is 1. The maximum absolute atomic E-state index is 12.7. The Labute approximate surface area is 156 Å². The lowest BCUT2D eigenvalue weighted by Gasteiger charge is -2.31. The molecule has 1 aliphatic carbocycles. The van der Waals surface area contributed by atoms with E-state index in [1.54, 1.807) is 18.1 Å². The third-order valence-electron chi connectivity index (χ3n) is 4.82. The average Bonchev–Trinajstić information content (AvgIpc) is 3.12. The van der Waals surface area contributed by atoms with Crippen molar-refractivity contribution in [2.24, 2.45) is 10.4 Å². The smallest absolute Gasteiger partial charge is 0.230 e. The molecule has 0 aromatic carbocycles. The molecular weight excluding hydrogens is 330 g/mol. The van der Waals surface area contributed by atoms with E-state index in [0.29, 0.717) is 31.5 Å². The van der Waals surface area contributed by atoms with E-state index in [1.807, 2.05) is 33.2 Å². The molecule has 1 amide bonds. The number of carbonyl (C=O) groups excluding carboxylic acids is 1. The highest BCUT2D eigenvalue weighted by Gasteiger charge is 2.42. The molecule has 1 heterocycles. The van der Waals surface area contributed by atoms with Crippen LogP contribution >= 0.6 is 0 Å². The Morgan fingerprint density at radius 1 is 1.35 bits per heavy atom. The van der Waals surface area contributed by atoms with Gasteiger partial charge < -0.3 is 20.3 Å². The second-order valence-corrected chi connectivity index (χ2v) is 6.87. The first-order chi connectivity index (χ1) is 12.5. The van der Waals surface area contributed by atoms with Gasteiger partial charge in [0.05, 0.1) is 12.0 Å². The summed E-state index contributed by atoms with van der Waals surface area (Å²) in [5.41, 5.74) is 0.642. The zero-order valence-corrected chi connectivity index (χ0v) is 16.3. The molecule has 0 unspecified atom stereocenters. The Balaban J connectivity index is 1.96. The van der Waals surface area contributed by atoms with Crippen molar-refractivity contribution in [2.75, 3.05) is 34.3 Å². The predicted molar refractivity (Wildman–Crippen MR) is 103 cm³/mol. The first-order valence-corrected chi connectivity index (χ1v) is 9.25. The third kappa shape index (κ3) is 4.86. The van der Waals surface area contributed by atoms with E-state index in [0.717, 1.165) is 31.2 Å². The minimum Gasteiger partial charge on any atom is -0.478 e. The van der Waals surface area contributed by atoms with E-state index in [2.05, 4.69) is 20.6 Å². The summed E-state index contributed by atoms with van der Waals surface area (Å²) in [6.45, 7) is 3.66. The molecule has 0 spiro atoms. The molecule has 26 heavy (non-hydrogen) atoms. The van der Waals surface area contributed by atoms with Crippen LogP contribution in [0.3, 0.4) is 0 Å². The lowest BCUT2D eigenvalue weighted by Crippen LogP contribution is -2.49. The molecule has 2 rings (SSSR count). The van der Waals surface area contributed by atoms with Gasteiger partial charge in [0.2, 0.25) is 11.8 Å². The standard InChI is InChI=1S/C19H31N5O2/c1-5-26-16-15(9-8-12-21-16)13-22-18(20-2)23-14-19(10-6-7-11-19)17(25)24(3)4/h8-9,12H,5-7,10-11,13-14H2,1-4H3,(H2,20,22,23). The summed E-state index contributed by atoms with van der Waals surface area (Å²) in [4.78, 5) is 22.9. The van der Waals surface area contributed by atoms with E-state index < -0.39 is 0 Å². The summed E-state index contributed by atoms with van der Waals surface area (Å²) in [6.07, 6.45) is 5.76. The molecule has 0 bridgehead atoms. The average molecular weight is 361 g/mol. The number of ether oxygens (including phenoxy) is 1. The molecule has 144 valence electrons. The van der Waals surface area contributed by atoms with E-state index in [9.17, 15) is 4.79 Å². The Morgan fingerprint density at radius 2 is 2.08 bits per heavy atom. The van der Waals surface area contributed by atoms with E-state index in [-0.39, 0.29) is 11.3 Å². The molecular formula is C19H31N5O2. The van der Waals surface area contributed by atoms with Crippen LogP contribution in [0.5, 0.6) is 5.88 Å². The molecule has 0 saturated heterocycles. The number of nitrogens with one attached hydrogen (secondary N) is 2. The quantitative estimate of drug-likeness (QED) is 0.572. The summed E-state index contributed by atoms with van der Waals surface area (Å²) in [7, 11) is 5.39. The van der Waals surface area contributed by atoms with Crippen LogP contribution in [0.25, 0.3) is 0 Å². The number of pyridine rings is 1. The first-order valence-electron chi connectivity index (χ1n) is 9.25.